The van der Waals surface area contributed by atoms with Crippen molar-refractivity contribution < 1.29 is 0 Å². The lowest BCUT2D eigenvalue weighted by Crippen LogP contribution is -2.14. The number of hydrogen-bond acceptors (Lipinski definition) is 0. The molecule has 5 aromatic rings. The molecule has 0 saturated carbocycles. The van der Waals surface area contributed by atoms with Gasteiger partial charge < -0.3 is 0 Å². The minimum Gasteiger partial charge on any atom is -0.0622 e. The molecule has 168 valence electrons. The number of fused-ring (bicyclic) bond motifs is 3. The molecule has 0 fully saturated rings. The summed E-state index contributed by atoms with van der Waals surface area (Å²) in [7, 11) is 0. The first-order valence-corrected chi connectivity index (χ1v) is 12.3. The number of benzene rings is 5. The summed E-state index contributed by atoms with van der Waals surface area (Å²) in [5.74, 6) is 0. The van der Waals surface area contributed by atoms with Crippen molar-refractivity contribution in [3.63, 3.8) is 0 Å². The number of rotatable bonds is 4. The monoisotopic (exact) mass is 448 g/mol. The van der Waals surface area contributed by atoms with E-state index in [9.17, 15) is 0 Å². The van der Waals surface area contributed by atoms with Crippen LogP contribution in [-0.4, -0.2) is 0 Å². The molecule has 0 N–H and O–H groups in total. The Bertz CT molecular complexity index is 1530. The average molecular weight is 449 g/mol. The predicted octanol–water partition coefficient (Wildman–Crippen LogP) is 9.50. The molecule has 0 saturated heterocycles. The fraction of sp³-hybridized carbons (Fsp3) is 0.0857. The third-order valence-corrected chi connectivity index (χ3v) is 7.33. The zero-order chi connectivity index (χ0) is 23.8. The molecule has 6 rings (SSSR count). The summed E-state index contributed by atoms with van der Waals surface area (Å²) in [6, 6.07) is 43.7. The van der Waals surface area contributed by atoms with E-state index in [2.05, 4.69) is 147 Å². The van der Waals surface area contributed by atoms with Crippen molar-refractivity contribution in [2.75, 3.05) is 0 Å². The third kappa shape index (κ3) is 3.72. The molecule has 0 aromatic heterocycles. The second-order valence-electron chi connectivity index (χ2n) is 9.81. The maximum Gasteiger partial charge on any atom is 0.0159 e. The van der Waals surface area contributed by atoms with Crippen LogP contribution in [0.2, 0.25) is 0 Å². The van der Waals surface area contributed by atoms with Gasteiger partial charge in [-0.1, -0.05) is 147 Å². The molecule has 0 amide bonds. The summed E-state index contributed by atoms with van der Waals surface area (Å²) in [5, 5.41) is 0. The lowest BCUT2D eigenvalue weighted by molar-refractivity contribution is 0.660. The van der Waals surface area contributed by atoms with Gasteiger partial charge in [0.15, 0.2) is 0 Å². The van der Waals surface area contributed by atoms with E-state index in [4.69, 9.17) is 0 Å². The van der Waals surface area contributed by atoms with Crippen LogP contribution in [0.25, 0.3) is 45.5 Å². The molecular formula is C35H28. The Hall–Kier alpha value is -4.16. The molecule has 0 spiro atoms. The highest BCUT2D eigenvalue weighted by molar-refractivity contribution is 5.95. The highest BCUT2D eigenvalue weighted by Gasteiger charge is 2.36. The van der Waals surface area contributed by atoms with Crippen molar-refractivity contribution in [3.8, 4) is 33.4 Å². The quantitative estimate of drug-likeness (QED) is 0.240. The van der Waals surface area contributed by atoms with Gasteiger partial charge >= 0.3 is 0 Å². The molecule has 0 unspecified atom stereocenters. The maximum atomic E-state index is 2.34. The van der Waals surface area contributed by atoms with E-state index in [1.165, 1.54) is 55.6 Å². The fourth-order valence-electron chi connectivity index (χ4n) is 5.47. The summed E-state index contributed by atoms with van der Waals surface area (Å²) < 4.78 is 0. The van der Waals surface area contributed by atoms with Crippen molar-refractivity contribution in [2.24, 2.45) is 0 Å². The van der Waals surface area contributed by atoms with Crippen molar-refractivity contribution >= 4 is 12.2 Å². The summed E-state index contributed by atoms with van der Waals surface area (Å²) in [5.41, 5.74) is 13.1. The molecule has 1 aliphatic carbocycles. The Labute approximate surface area is 208 Å². The van der Waals surface area contributed by atoms with E-state index in [1.54, 1.807) is 0 Å². The Morgan fingerprint density at radius 2 is 1.06 bits per heavy atom. The minimum absolute atomic E-state index is 0.00716. The van der Waals surface area contributed by atoms with Gasteiger partial charge in [0.05, 0.1) is 0 Å². The van der Waals surface area contributed by atoms with Crippen LogP contribution in [-0.2, 0) is 5.41 Å². The summed E-state index contributed by atoms with van der Waals surface area (Å²) in [6.45, 7) is 4.68. The van der Waals surface area contributed by atoms with E-state index < -0.39 is 0 Å². The summed E-state index contributed by atoms with van der Waals surface area (Å²) >= 11 is 0. The summed E-state index contributed by atoms with van der Waals surface area (Å²) in [4.78, 5) is 0. The standard InChI is InChI=1S/C35H28/c1-35(2)32-17-9-8-15-31(32)34-30(16-10-18-33(34)35)29-14-7-6-13-28(29)24-21-25-19-22-27(23-20-25)26-11-4-3-5-12-26/h3-24H,1-2H3. The second-order valence-corrected chi connectivity index (χ2v) is 9.81. The Kier molecular flexibility index (Phi) is 5.23. The van der Waals surface area contributed by atoms with E-state index in [-0.39, 0.29) is 5.41 Å². The van der Waals surface area contributed by atoms with E-state index in [0.29, 0.717) is 0 Å². The van der Waals surface area contributed by atoms with E-state index in [1.807, 2.05) is 0 Å². The Morgan fingerprint density at radius 3 is 1.86 bits per heavy atom. The van der Waals surface area contributed by atoms with Gasteiger partial charge in [-0.2, -0.15) is 0 Å². The lowest BCUT2D eigenvalue weighted by atomic mass is 9.82. The van der Waals surface area contributed by atoms with Gasteiger partial charge in [-0.15, -0.1) is 0 Å². The fourth-order valence-corrected chi connectivity index (χ4v) is 5.47. The highest BCUT2D eigenvalue weighted by atomic mass is 14.4. The number of hydrogen-bond donors (Lipinski definition) is 0. The van der Waals surface area contributed by atoms with Gasteiger partial charge in [0.1, 0.15) is 0 Å². The largest absolute Gasteiger partial charge is 0.0622 e. The van der Waals surface area contributed by atoms with Crippen molar-refractivity contribution in [2.45, 2.75) is 19.3 Å². The van der Waals surface area contributed by atoms with Crippen LogP contribution < -0.4 is 0 Å². The Morgan fingerprint density at radius 1 is 0.457 bits per heavy atom. The topological polar surface area (TPSA) is 0 Å². The minimum atomic E-state index is 0.00716. The molecule has 0 nitrogen and oxygen atoms in total. The first-order valence-electron chi connectivity index (χ1n) is 12.3. The summed E-state index contributed by atoms with van der Waals surface area (Å²) in [6.07, 6.45) is 4.47. The zero-order valence-electron chi connectivity index (χ0n) is 20.2. The van der Waals surface area contributed by atoms with Gasteiger partial charge in [-0.3, -0.25) is 0 Å². The zero-order valence-corrected chi connectivity index (χ0v) is 20.2. The highest BCUT2D eigenvalue weighted by Crippen LogP contribution is 2.52. The van der Waals surface area contributed by atoms with Crippen molar-refractivity contribution in [1.82, 2.24) is 0 Å². The van der Waals surface area contributed by atoms with Gasteiger partial charge in [0, 0.05) is 5.41 Å². The van der Waals surface area contributed by atoms with E-state index >= 15 is 0 Å². The predicted molar refractivity (Wildman–Crippen MR) is 150 cm³/mol. The van der Waals surface area contributed by atoms with Gasteiger partial charge in [-0.05, 0) is 55.6 Å². The molecular weight excluding hydrogens is 420 g/mol. The first kappa shape index (κ1) is 21.4. The molecule has 0 atom stereocenters. The van der Waals surface area contributed by atoms with Crippen molar-refractivity contribution in [3.05, 3.63) is 144 Å². The van der Waals surface area contributed by atoms with Gasteiger partial charge in [-0.25, -0.2) is 0 Å². The lowest BCUT2D eigenvalue weighted by Gasteiger charge is -2.21. The normalized spacial score (nSPS) is 13.5. The van der Waals surface area contributed by atoms with Crippen LogP contribution in [0.4, 0.5) is 0 Å². The van der Waals surface area contributed by atoms with Crippen LogP contribution in [0, 0.1) is 0 Å². The average Bonchev–Trinajstić information content (AvgIpc) is 3.15. The molecule has 0 aliphatic heterocycles. The van der Waals surface area contributed by atoms with Crippen LogP contribution in [0.5, 0.6) is 0 Å². The maximum absolute atomic E-state index is 2.34. The Balaban J connectivity index is 1.39. The van der Waals surface area contributed by atoms with Gasteiger partial charge in [0.2, 0.25) is 0 Å². The molecule has 5 aromatic carbocycles. The van der Waals surface area contributed by atoms with E-state index in [0.717, 1.165) is 0 Å². The molecule has 0 bridgehead atoms. The molecule has 0 heteroatoms. The van der Waals surface area contributed by atoms with Crippen LogP contribution in [0.15, 0.2) is 121 Å². The molecule has 35 heavy (non-hydrogen) atoms. The van der Waals surface area contributed by atoms with Crippen LogP contribution >= 0.6 is 0 Å². The second kappa shape index (κ2) is 8.56. The molecule has 1 aliphatic rings. The third-order valence-electron chi connectivity index (χ3n) is 7.33. The van der Waals surface area contributed by atoms with Gasteiger partial charge in [0.25, 0.3) is 0 Å². The van der Waals surface area contributed by atoms with Crippen molar-refractivity contribution in [1.29, 1.82) is 0 Å². The smallest absolute Gasteiger partial charge is 0.0159 e. The molecule has 0 radical (unpaired) electrons. The van der Waals surface area contributed by atoms with Crippen LogP contribution in [0.1, 0.15) is 36.1 Å². The molecule has 0 heterocycles. The van der Waals surface area contributed by atoms with Crippen LogP contribution in [0.3, 0.4) is 0 Å². The first-order chi connectivity index (χ1) is 17.1. The SMILES string of the molecule is CC1(C)c2ccccc2-c2c(-c3ccccc3C=Cc3ccc(-c4ccccc4)cc3)cccc21.